The fourth-order valence-electron chi connectivity index (χ4n) is 5.08. The van der Waals surface area contributed by atoms with E-state index in [-0.39, 0.29) is 0 Å². The molecule has 0 saturated heterocycles. The highest BCUT2D eigenvalue weighted by molar-refractivity contribution is 6.12. The predicted octanol–water partition coefficient (Wildman–Crippen LogP) is 8.63. The van der Waals surface area contributed by atoms with Gasteiger partial charge in [0.2, 0.25) is 0 Å². The molecule has 0 amide bonds. The van der Waals surface area contributed by atoms with Gasteiger partial charge in [-0.25, -0.2) is 4.98 Å². The lowest BCUT2D eigenvalue weighted by Crippen LogP contribution is -2.02. The molecule has 0 fully saturated rings. The second kappa shape index (κ2) is 8.24. The van der Waals surface area contributed by atoms with Crippen LogP contribution >= 0.6 is 0 Å². The number of hydrogen-bond acceptors (Lipinski definition) is 2. The van der Waals surface area contributed by atoms with E-state index in [4.69, 9.17) is 13.5 Å². The molecular formula is C33H24N2O. The third-order valence-electron chi connectivity index (χ3n) is 6.80. The van der Waals surface area contributed by atoms with Crippen molar-refractivity contribution in [1.82, 2.24) is 9.55 Å². The molecular weight excluding hydrogens is 440 g/mol. The van der Waals surface area contributed by atoms with Gasteiger partial charge in [-0.2, -0.15) is 0 Å². The van der Waals surface area contributed by atoms with E-state index >= 15 is 0 Å². The first-order chi connectivity index (χ1) is 19.0. The Morgan fingerprint density at radius 3 is 2.17 bits per heavy atom. The number of fused-ring (bicyclic) bond motifs is 4. The maximum Gasteiger partial charge on any atom is 0.146 e. The first-order valence-corrected chi connectivity index (χ1v) is 12.0. The molecule has 0 aliphatic carbocycles. The summed E-state index contributed by atoms with van der Waals surface area (Å²) < 4.78 is 32.0. The van der Waals surface area contributed by atoms with Gasteiger partial charge in [0.25, 0.3) is 0 Å². The predicted molar refractivity (Wildman–Crippen MR) is 148 cm³/mol. The number of aryl methyl sites for hydroxylation is 1. The lowest BCUT2D eigenvalue weighted by atomic mass is 10.0. The monoisotopic (exact) mass is 467 g/mol. The van der Waals surface area contributed by atoms with E-state index in [1.165, 1.54) is 5.56 Å². The van der Waals surface area contributed by atoms with Crippen molar-refractivity contribution in [3.05, 3.63) is 126 Å². The van der Waals surface area contributed by atoms with Gasteiger partial charge in [0.05, 0.1) is 16.6 Å². The van der Waals surface area contributed by atoms with Gasteiger partial charge in [-0.3, -0.25) is 0 Å². The molecule has 2 heterocycles. The number of rotatable bonds is 4. The van der Waals surface area contributed by atoms with Crippen LogP contribution in [-0.4, -0.2) is 9.55 Å². The summed E-state index contributed by atoms with van der Waals surface area (Å²) in [5, 5.41) is 2.02. The van der Waals surface area contributed by atoms with E-state index < -0.39 is 6.85 Å². The van der Waals surface area contributed by atoms with E-state index in [0.717, 1.165) is 55.5 Å². The highest BCUT2D eigenvalue weighted by atomic mass is 16.3. The van der Waals surface area contributed by atoms with Crippen LogP contribution in [0.4, 0.5) is 0 Å². The molecule has 0 N–H and O–H groups in total. The van der Waals surface area contributed by atoms with Crippen LogP contribution in [0.15, 0.2) is 120 Å². The summed E-state index contributed by atoms with van der Waals surface area (Å²) >= 11 is 0. The summed E-state index contributed by atoms with van der Waals surface area (Å²) in [6.45, 7) is -1.45. The van der Waals surface area contributed by atoms with Crippen LogP contribution in [0.25, 0.3) is 55.5 Å². The fraction of sp³-hybridized carbons (Fsp3) is 0.0606. The number of nitrogens with zero attached hydrogens (tertiary/aromatic N) is 2. The van der Waals surface area contributed by atoms with Crippen LogP contribution < -0.4 is 0 Å². The molecule has 0 unspecified atom stereocenters. The van der Waals surface area contributed by atoms with Gasteiger partial charge in [0, 0.05) is 27.0 Å². The summed E-state index contributed by atoms with van der Waals surface area (Å²) in [6.07, 6.45) is 0. The van der Waals surface area contributed by atoms with E-state index in [2.05, 4.69) is 59.2 Å². The number of benzene rings is 5. The Hall–Kier alpha value is -4.63. The van der Waals surface area contributed by atoms with E-state index in [1.54, 1.807) is 12.1 Å². The average Bonchev–Trinajstić information content (AvgIpc) is 3.52. The average molecular weight is 468 g/mol. The van der Waals surface area contributed by atoms with Crippen LogP contribution in [0.3, 0.4) is 0 Å². The summed E-state index contributed by atoms with van der Waals surface area (Å²) in [5.74, 6) is 0.855. The summed E-state index contributed by atoms with van der Waals surface area (Å²) in [4.78, 5) is 5.06. The number of furan rings is 1. The van der Waals surface area contributed by atoms with Gasteiger partial charge >= 0.3 is 0 Å². The summed E-state index contributed by atoms with van der Waals surface area (Å²) in [5.41, 5.74) is 7.83. The molecule has 0 spiro atoms. The van der Waals surface area contributed by atoms with E-state index in [0.29, 0.717) is 12.1 Å². The normalized spacial score (nSPS) is 13.2. The Labute approximate surface area is 213 Å². The molecule has 0 bridgehead atoms. The Morgan fingerprint density at radius 2 is 1.39 bits per heavy atom. The molecule has 3 heteroatoms. The minimum Gasteiger partial charge on any atom is -0.455 e. The zero-order valence-electron chi connectivity index (χ0n) is 22.5. The Bertz CT molecular complexity index is 1970. The Balaban J connectivity index is 1.43. The topological polar surface area (TPSA) is 31.0 Å². The van der Waals surface area contributed by atoms with Crippen molar-refractivity contribution in [1.29, 1.82) is 0 Å². The maximum absolute atomic E-state index is 7.69. The minimum absolute atomic E-state index is 0.322. The molecule has 0 radical (unpaired) electrons. The number of imidazole rings is 1. The first-order valence-electron chi connectivity index (χ1n) is 13.5. The molecule has 5 aromatic carbocycles. The largest absolute Gasteiger partial charge is 0.455 e. The zero-order chi connectivity index (χ0) is 26.6. The third-order valence-corrected chi connectivity index (χ3v) is 6.80. The summed E-state index contributed by atoms with van der Waals surface area (Å²) in [6, 6.07) is 37.9. The van der Waals surface area contributed by atoms with Crippen molar-refractivity contribution in [2.75, 3.05) is 0 Å². The molecule has 0 atom stereocenters. The van der Waals surface area contributed by atoms with Crippen molar-refractivity contribution < 1.29 is 8.53 Å². The maximum atomic E-state index is 7.69. The van der Waals surface area contributed by atoms with Gasteiger partial charge in [-0.05, 0) is 36.2 Å². The van der Waals surface area contributed by atoms with Crippen LogP contribution in [-0.2, 0) is 6.54 Å². The molecule has 0 aliphatic rings. The third kappa shape index (κ3) is 3.32. The molecule has 3 nitrogen and oxygen atoms in total. The standard InChI is InChI=1S/C33H24N2O/c1-22-17-19-24(20-18-22)25-11-7-12-26-27-13-8-14-28(32(27)36-31(25)26)33-34-29-15-5-6-16-30(29)35(33)21-23-9-3-2-4-10-23/h2-20H,21H2,1H3/i1D3. The van der Waals surface area contributed by atoms with Crippen LogP contribution in [0.2, 0.25) is 0 Å². The van der Waals surface area contributed by atoms with E-state index in [9.17, 15) is 0 Å². The molecule has 2 aromatic heterocycles. The van der Waals surface area contributed by atoms with Crippen molar-refractivity contribution >= 4 is 33.0 Å². The van der Waals surface area contributed by atoms with Crippen molar-refractivity contribution in [3.63, 3.8) is 0 Å². The molecule has 7 rings (SSSR count). The second-order valence-corrected chi connectivity index (χ2v) is 9.04. The second-order valence-electron chi connectivity index (χ2n) is 9.04. The van der Waals surface area contributed by atoms with E-state index in [1.807, 2.05) is 48.5 Å². The van der Waals surface area contributed by atoms with Crippen molar-refractivity contribution in [3.8, 4) is 22.5 Å². The fourth-order valence-corrected chi connectivity index (χ4v) is 5.08. The van der Waals surface area contributed by atoms with Gasteiger partial charge in [0.15, 0.2) is 0 Å². The number of para-hydroxylation sites is 4. The van der Waals surface area contributed by atoms with Gasteiger partial charge in [-0.15, -0.1) is 0 Å². The number of aromatic nitrogens is 2. The Morgan fingerprint density at radius 1 is 0.694 bits per heavy atom. The molecule has 7 aromatic rings. The van der Waals surface area contributed by atoms with Gasteiger partial charge in [0.1, 0.15) is 17.0 Å². The number of hydrogen-bond donors (Lipinski definition) is 0. The highest BCUT2D eigenvalue weighted by Crippen LogP contribution is 2.40. The smallest absolute Gasteiger partial charge is 0.146 e. The van der Waals surface area contributed by atoms with Crippen LogP contribution in [0, 0.1) is 6.85 Å². The SMILES string of the molecule is [2H]C([2H])([2H])c1ccc(-c2cccc3c2oc2c(-c4nc5ccccc5n4Cc4ccccc4)cccc23)cc1. The van der Waals surface area contributed by atoms with Crippen molar-refractivity contribution in [2.24, 2.45) is 0 Å². The molecule has 172 valence electrons. The van der Waals surface area contributed by atoms with Crippen LogP contribution in [0.1, 0.15) is 15.2 Å². The van der Waals surface area contributed by atoms with Gasteiger partial charge < -0.3 is 8.98 Å². The minimum atomic E-state index is -2.13. The van der Waals surface area contributed by atoms with Gasteiger partial charge in [-0.1, -0.05) is 103 Å². The Kier molecular flexibility index (Phi) is 4.07. The first kappa shape index (κ1) is 17.8. The molecule has 0 saturated carbocycles. The van der Waals surface area contributed by atoms with Crippen LogP contribution in [0.5, 0.6) is 0 Å². The highest BCUT2D eigenvalue weighted by Gasteiger charge is 2.20. The molecule has 0 aliphatic heterocycles. The molecule has 36 heavy (non-hydrogen) atoms. The van der Waals surface area contributed by atoms with Crippen molar-refractivity contribution in [2.45, 2.75) is 13.4 Å². The lowest BCUT2D eigenvalue weighted by Gasteiger charge is -2.10. The lowest BCUT2D eigenvalue weighted by molar-refractivity contribution is 0.670. The summed E-state index contributed by atoms with van der Waals surface area (Å²) in [7, 11) is 0. The quantitative estimate of drug-likeness (QED) is 0.259. The zero-order valence-corrected chi connectivity index (χ0v) is 19.5.